The maximum Gasteiger partial charge on any atom is 0.269 e. The lowest BCUT2D eigenvalue weighted by Crippen LogP contribution is -2.34. The number of carbonyl (C=O) groups excluding carboxylic acids is 1. The van der Waals surface area contributed by atoms with E-state index in [4.69, 9.17) is 0 Å². The van der Waals surface area contributed by atoms with Crippen LogP contribution in [0.4, 0.5) is 11.4 Å². The second-order valence-electron chi connectivity index (χ2n) is 6.53. The summed E-state index contributed by atoms with van der Waals surface area (Å²) in [5, 5.41) is 16.8. The Hall–Kier alpha value is -2.93. The van der Waals surface area contributed by atoms with Crippen LogP contribution in [0.15, 0.2) is 54.6 Å². The Labute approximate surface area is 159 Å². The number of rotatable bonds is 10. The predicted molar refractivity (Wildman–Crippen MR) is 107 cm³/mol. The average molecular weight is 370 g/mol. The summed E-state index contributed by atoms with van der Waals surface area (Å²) < 4.78 is 0. The summed E-state index contributed by atoms with van der Waals surface area (Å²) >= 11 is 0. The first-order valence-electron chi connectivity index (χ1n) is 8.94. The van der Waals surface area contributed by atoms with Gasteiger partial charge in [-0.1, -0.05) is 30.3 Å². The van der Waals surface area contributed by atoms with E-state index >= 15 is 0 Å². The van der Waals surface area contributed by atoms with Gasteiger partial charge in [-0.3, -0.25) is 14.9 Å². The summed E-state index contributed by atoms with van der Waals surface area (Å²) in [5.74, 6) is 0.0169. The molecule has 0 aromatic heterocycles. The van der Waals surface area contributed by atoms with Gasteiger partial charge in [-0.2, -0.15) is 0 Å². The lowest BCUT2D eigenvalue weighted by molar-refractivity contribution is -0.384. The molecule has 0 heterocycles. The van der Waals surface area contributed by atoms with Gasteiger partial charge in [0.1, 0.15) is 0 Å². The summed E-state index contributed by atoms with van der Waals surface area (Å²) in [6.45, 7) is 1.19. The van der Waals surface area contributed by atoms with E-state index in [1.165, 1.54) is 17.7 Å². The third-order valence-electron chi connectivity index (χ3n) is 4.29. The fourth-order valence-electron chi connectivity index (χ4n) is 2.76. The van der Waals surface area contributed by atoms with Gasteiger partial charge in [-0.25, -0.2) is 0 Å². The fourth-order valence-corrected chi connectivity index (χ4v) is 2.76. The van der Waals surface area contributed by atoms with E-state index in [2.05, 4.69) is 27.7 Å². The number of nitro groups is 1. The number of likely N-dealkylation sites (N-methyl/N-ethyl adjacent to an activating group) is 1. The maximum absolute atomic E-state index is 12.1. The van der Waals surface area contributed by atoms with Crippen molar-refractivity contribution in [1.82, 2.24) is 10.2 Å². The van der Waals surface area contributed by atoms with E-state index in [1.807, 2.05) is 32.3 Å². The molecule has 0 spiro atoms. The zero-order valence-corrected chi connectivity index (χ0v) is 15.7. The van der Waals surface area contributed by atoms with Gasteiger partial charge >= 0.3 is 0 Å². The average Bonchev–Trinajstić information content (AvgIpc) is 2.66. The molecule has 1 amide bonds. The van der Waals surface area contributed by atoms with Crippen molar-refractivity contribution in [3.63, 3.8) is 0 Å². The highest BCUT2D eigenvalue weighted by molar-refractivity contribution is 5.75. The minimum absolute atomic E-state index is 0.0169. The van der Waals surface area contributed by atoms with E-state index in [9.17, 15) is 14.9 Å². The molecule has 7 nitrogen and oxygen atoms in total. The van der Waals surface area contributed by atoms with Crippen molar-refractivity contribution in [2.45, 2.75) is 18.9 Å². The summed E-state index contributed by atoms with van der Waals surface area (Å²) in [5.41, 5.74) is 2.04. The fraction of sp³-hybridized carbons (Fsp3) is 0.350. The smallest absolute Gasteiger partial charge is 0.269 e. The van der Waals surface area contributed by atoms with Gasteiger partial charge in [0.25, 0.3) is 5.69 Å². The molecular formula is C20H26N4O3. The molecule has 1 unspecified atom stereocenters. The van der Waals surface area contributed by atoms with Crippen molar-refractivity contribution in [2.24, 2.45) is 0 Å². The minimum Gasteiger partial charge on any atom is -0.385 e. The number of nitro benzene ring substituents is 1. The van der Waals surface area contributed by atoms with Crippen LogP contribution in [0.3, 0.4) is 0 Å². The number of benzene rings is 2. The number of hydrogen-bond donors (Lipinski definition) is 2. The van der Waals surface area contributed by atoms with Crippen LogP contribution in [0.2, 0.25) is 0 Å². The predicted octanol–water partition coefficient (Wildman–Crippen LogP) is 3.21. The number of nitrogens with one attached hydrogen (secondary N) is 2. The number of hydrogen-bond acceptors (Lipinski definition) is 5. The molecule has 0 fully saturated rings. The van der Waals surface area contributed by atoms with Crippen LogP contribution >= 0.6 is 0 Å². The van der Waals surface area contributed by atoms with Crippen LogP contribution in [-0.4, -0.2) is 42.9 Å². The van der Waals surface area contributed by atoms with Crippen LogP contribution in [0.25, 0.3) is 0 Å². The molecule has 2 N–H and O–H groups in total. The van der Waals surface area contributed by atoms with Gasteiger partial charge < -0.3 is 15.5 Å². The second-order valence-corrected chi connectivity index (χ2v) is 6.53. The molecule has 0 aliphatic carbocycles. The Morgan fingerprint density at radius 1 is 1.11 bits per heavy atom. The number of amides is 1. The van der Waals surface area contributed by atoms with Crippen LogP contribution < -0.4 is 10.6 Å². The largest absolute Gasteiger partial charge is 0.385 e. The highest BCUT2D eigenvalue weighted by Gasteiger charge is 2.14. The first-order valence-corrected chi connectivity index (χ1v) is 8.94. The summed E-state index contributed by atoms with van der Waals surface area (Å²) in [6, 6.07) is 16.5. The van der Waals surface area contributed by atoms with E-state index in [0.717, 1.165) is 5.69 Å². The summed E-state index contributed by atoms with van der Waals surface area (Å²) in [7, 11) is 4.00. The molecule has 0 bridgehead atoms. The Morgan fingerprint density at radius 2 is 1.78 bits per heavy atom. The lowest BCUT2D eigenvalue weighted by Gasteiger charge is -2.25. The number of nitrogens with zero attached hydrogens (tertiary/aromatic N) is 2. The van der Waals surface area contributed by atoms with E-state index in [0.29, 0.717) is 25.9 Å². The first kappa shape index (κ1) is 20.4. The monoisotopic (exact) mass is 370 g/mol. The van der Waals surface area contributed by atoms with Crippen molar-refractivity contribution in [2.75, 3.05) is 32.5 Å². The molecule has 27 heavy (non-hydrogen) atoms. The van der Waals surface area contributed by atoms with Crippen LogP contribution in [0.1, 0.15) is 24.4 Å². The van der Waals surface area contributed by atoms with Gasteiger partial charge in [0.05, 0.1) is 11.0 Å². The van der Waals surface area contributed by atoms with Crippen molar-refractivity contribution in [3.05, 3.63) is 70.3 Å². The Kier molecular flexibility index (Phi) is 7.76. The molecule has 0 saturated carbocycles. The van der Waals surface area contributed by atoms with E-state index in [-0.39, 0.29) is 17.6 Å². The Bertz CT molecular complexity index is 733. The van der Waals surface area contributed by atoms with Crippen molar-refractivity contribution in [3.8, 4) is 0 Å². The van der Waals surface area contributed by atoms with Crippen LogP contribution in [0, 0.1) is 10.1 Å². The highest BCUT2D eigenvalue weighted by Crippen LogP contribution is 2.17. The normalized spacial score (nSPS) is 11.8. The Balaban J connectivity index is 1.70. The van der Waals surface area contributed by atoms with E-state index < -0.39 is 4.92 Å². The molecule has 7 heteroatoms. The summed E-state index contributed by atoms with van der Waals surface area (Å²) in [6.07, 6.45) is 1.11. The summed E-state index contributed by atoms with van der Waals surface area (Å²) in [4.78, 5) is 24.4. The standard InChI is InChI=1S/C20H26N4O3/c1-23(2)19(16-7-4-3-5-8-16)15-22-20(25)9-6-14-21-17-10-12-18(13-11-17)24(26)27/h3-5,7-8,10-13,19,21H,6,9,14-15H2,1-2H3,(H,22,25). The molecule has 0 aliphatic rings. The van der Waals surface area contributed by atoms with Gasteiger partial charge in [0, 0.05) is 37.3 Å². The first-order chi connectivity index (χ1) is 13.0. The molecule has 0 saturated heterocycles. The number of anilines is 1. The van der Waals surface area contributed by atoms with Crippen LogP contribution in [-0.2, 0) is 4.79 Å². The molecular weight excluding hydrogens is 344 g/mol. The quantitative estimate of drug-likeness (QED) is 0.381. The zero-order chi connectivity index (χ0) is 19.6. The van der Waals surface area contributed by atoms with Crippen molar-refractivity contribution in [1.29, 1.82) is 0 Å². The number of carbonyl (C=O) groups is 1. The zero-order valence-electron chi connectivity index (χ0n) is 15.7. The second kappa shape index (κ2) is 10.3. The minimum atomic E-state index is -0.426. The van der Waals surface area contributed by atoms with Gasteiger partial charge in [0.2, 0.25) is 5.91 Å². The number of non-ortho nitro benzene ring substituents is 1. The van der Waals surface area contributed by atoms with Crippen molar-refractivity contribution < 1.29 is 9.72 Å². The third-order valence-corrected chi connectivity index (χ3v) is 4.29. The molecule has 2 aromatic rings. The lowest BCUT2D eigenvalue weighted by atomic mass is 10.1. The SMILES string of the molecule is CN(C)C(CNC(=O)CCCNc1ccc([N+](=O)[O-])cc1)c1ccccc1. The Morgan fingerprint density at radius 3 is 2.37 bits per heavy atom. The molecule has 0 aliphatic heterocycles. The maximum atomic E-state index is 12.1. The molecule has 0 radical (unpaired) electrons. The molecule has 2 rings (SSSR count). The van der Waals surface area contributed by atoms with E-state index in [1.54, 1.807) is 12.1 Å². The molecule has 144 valence electrons. The third kappa shape index (κ3) is 6.71. The molecule has 2 aromatic carbocycles. The van der Waals surface area contributed by atoms with Gasteiger partial charge in [-0.05, 0) is 38.2 Å². The van der Waals surface area contributed by atoms with Crippen molar-refractivity contribution >= 4 is 17.3 Å². The van der Waals surface area contributed by atoms with Gasteiger partial charge in [-0.15, -0.1) is 0 Å². The van der Waals surface area contributed by atoms with Gasteiger partial charge in [0.15, 0.2) is 0 Å². The topological polar surface area (TPSA) is 87.5 Å². The molecule has 1 atom stereocenters. The van der Waals surface area contributed by atoms with Crippen LogP contribution in [0.5, 0.6) is 0 Å². The highest BCUT2D eigenvalue weighted by atomic mass is 16.6.